The number of hydrazine groups is 1. The van der Waals surface area contributed by atoms with Gasteiger partial charge in [-0.25, -0.2) is 5.84 Å². The number of carbonyl (C=O) groups excluding carboxylic acids is 3. The van der Waals surface area contributed by atoms with Crippen LogP contribution in [0.2, 0.25) is 0 Å². The highest BCUT2D eigenvalue weighted by atomic mass is 16.7. The van der Waals surface area contributed by atoms with Crippen LogP contribution >= 0.6 is 0 Å². The van der Waals surface area contributed by atoms with Crippen molar-refractivity contribution in [2.45, 2.75) is 25.7 Å². The van der Waals surface area contributed by atoms with Crippen molar-refractivity contribution in [3.05, 3.63) is 0 Å². The highest BCUT2D eigenvalue weighted by Crippen LogP contribution is 2.39. The summed E-state index contributed by atoms with van der Waals surface area (Å²) in [6.45, 7) is 0.0746. The van der Waals surface area contributed by atoms with Gasteiger partial charge in [0.2, 0.25) is 11.8 Å². The molecular weight excluding hydrogens is 226 g/mol. The summed E-state index contributed by atoms with van der Waals surface area (Å²) in [7, 11) is 0. The summed E-state index contributed by atoms with van der Waals surface area (Å²) in [6.07, 6.45) is 2.45. The quantitative estimate of drug-likeness (QED) is 0.375. The topological polar surface area (TPSA) is 102 Å². The van der Waals surface area contributed by atoms with E-state index >= 15 is 0 Å². The molecule has 2 atom stereocenters. The Kier molecular flexibility index (Phi) is 3.39. The van der Waals surface area contributed by atoms with E-state index in [1.165, 1.54) is 4.90 Å². The van der Waals surface area contributed by atoms with E-state index in [9.17, 15) is 14.4 Å². The van der Waals surface area contributed by atoms with Crippen LogP contribution < -0.4 is 11.4 Å². The van der Waals surface area contributed by atoms with Crippen LogP contribution in [0, 0.1) is 11.8 Å². The van der Waals surface area contributed by atoms with Crippen molar-refractivity contribution in [3.8, 4) is 0 Å². The molecule has 1 saturated carbocycles. The van der Waals surface area contributed by atoms with E-state index in [4.69, 9.17) is 5.84 Å². The van der Waals surface area contributed by atoms with E-state index in [-0.39, 0.29) is 36.6 Å². The summed E-state index contributed by atoms with van der Waals surface area (Å²) in [5, 5.41) is 0. The zero-order valence-corrected chi connectivity index (χ0v) is 9.35. The van der Waals surface area contributed by atoms with Crippen molar-refractivity contribution in [2.24, 2.45) is 17.7 Å². The normalized spacial score (nSPS) is 27.5. The average Bonchev–Trinajstić information content (AvgIpc) is 2.84. The summed E-state index contributed by atoms with van der Waals surface area (Å²) < 4.78 is 0. The van der Waals surface area contributed by atoms with Crippen molar-refractivity contribution in [2.75, 3.05) is 6.54 Å². The lowest BCUT2D eigenvalue weighted by Crippen LogP contribution is -2.35. The Morgan fingerprint density at radius 2 is 1.94 bits per heavy atom. The van der Waals surface area contributed by atoms with Crippen LogP contribution in [-0.4, -0.2) is 29.2 Å². The van der Waals surface area contributed by atoms with Crippen LogP contribution in [0.5, 0.6) is 0 Å². The van der Waals surface area contributed by atoms with E-state index in [2.05, 4.69) is 4.84 Å². The fraction of sp³-hybridized carbons (Fsp3) is 0.700. The van der Waals surface area contributed by atoms with Gasteiger partial charge in [-0.2, -0.15) is 0 Å². The van der Waals surface area contributed by atoms with E-state index in [1.54, 1.807) is 5.59 Å². The van der Waals surface area contributed by atoms with Crippen molar-refractivity contribution in [1.29, 1.82) is 0 Å². The molecule has 94 valence electrons. The van der Waals surface area contributed by atoms with Crippen LogP contribution in [0.4, 0.5) is 0 Å². The van der Waals surface area contributed by atoms with Gasteiger partial charge in [0.25, 0.3) is 0 Å². The Labute approximate surface area is 98.2 Å². The van der Waals surface area contributed by atoms with Crippen LogP contribution in [0.1, 0.15) is 25.7 Å². The molecule has 0 aromatic rings. The Morgan fingerprint density at radius 1 is 1.35 bits per heavy atom. The molecule has 1 saturated heterocycles. The fourth-order valence-corrected chi connectivity index (χ4v) is 2.60. The molecule has 0 aromatic heterocycles. The Morgan fingerprint density at radius 3 is 2.47 bits per heavy atom. The minimum atomic E-state index is -0.592. The Bertz CT molecular complexity index is 335. The lowest BCUT2D eigenvalue weighted by atomic mass is 10.00. The summed E-state index contributed by atoms with van der Waals surface area (Å²) >= 11 is 0. The van der Waals surface area contributed by atoms with Crippen molar-refractivity contribution in [1.82, 2.24) is 10.5 Å². The lowest BCUT2D eigenvalue weighted by molar-refractivity contribution is -0.152. The first-order valence-corrected chi connectivity index (χ1v) is 5.65. The number of likely N-dealkylation sites (tertiary alicyclic amines) is 1. The molecule has 1 heterocycles. The molecule has 2 amide bonds. The molecule has 1 aliphatic heterocycles. The molecule has 3 N–H and O–H groups in total. The second-order valence-electron chi connectivity index (χ2n) is 4.31. The van der Waals surface area contributed by atoms with E-state index < -0.39 is 5.97 Å². The predicted octanol–water partition coefficient (Wildman–Crippen LogP) is -0.917. The molecule has 2 aliphatic rings. The monoisotopic (exact) mass is 241 g/mol. The zero-order chi connectivity index (χ0) is 12.4. The van der Waals surface area contributed by atoms with Gasteiger partial charge in [0.05, 0.1) is 18.3 Å². The largest absolute Gasteiger partial charge is 0.356 e. The molecule has 0 spiro atoms. The molecule has 0 aromatic carbocycles. The van der Waals surface area contributed by atoms with Gasteiger partial charge in [0.1, 0.15) is 0 Å². The number of fused-ring (bicyclic) bond motifs is 1. The smallest absolute Gasteiger partial charge is 0.328 e. The van der Waals surface area contributed by atoms with Crippen molar-refractivity contribution in [3.63, 3.8) is 0 Å². The molecule has 7 nitrogen and oxygen atoms in total. The summed E-state index contributed by atoms with van der Waals surface area (Å²) in [5.74, 6) is 3.59. The summed E-state index contributed by atoms with van der Waals surface area (Å²) in [6, 6.07) is 0. The second-order valence-corrected chi connectivity index (χ2v) is 4.31. The zero-order valence-electron chi connectivity index (χ0n) is 9.35. The maximum Gasteiger partial charge on any atom is 0.328 e. The van der Waals surface area contributed by atoms with Crippen molar-refractivity contribution >= 4 is 17.8 Å². The van der Waals surface area contributed by atoms with E-state index in [0.29, 0.717) is 0 Å². The molecule has 0 bridgehead atoms. The minimum absolute atomic E-state index is 0.0406. The third-order valence-electron chi connectivity index (χ3n) is 3.39. The number of nitrogens with one attached hydrogen (secondary N) is 1. The van der Waals surface area contributed by atoms with Gasteiger partial charge in [-0.3, -0.25) is 19.3 Å². The minimum Gasteiger partial charge on any atom is -0.356 e. The number of hydrogen-bond acceptors (Lipinski definition) is 6. The van der Waals surface area contributed by atoms with Gasteiger partial charge in [0.15, 0.2) is 0 Å². The molecule has 2 fully saturated rings. The van der Waals surface area contributed by atoms with Crippen LogP contribution in [0.3, 0.4) is 0 Å². The van der Waals surface area contributed by atoms with Crippen LogP contribution in [0.25, 0.3) is 0 Å². The average molecular weight is 241 g/mol. The fourth-order valence-electron chi connectivity index (χ4n) is 2.60. The highest BCUT2D eigenvalue weighted by Gasteiger charge is 2.49. The van der Waals surface area contributed by atoms with Gasteiger partial charge in [-0.05, 0) is 12.8 Å². The van der Waals surface area contributed by atoms with Crippen LogP contribution in [0.15, 0.2) is 0 Å². The molecular formula is C10H15N3O4. The summed E-state index contributed by atoms with van der Waals surface area (Å²) in [4.78, 5) is 40.3. The van der Waals surface area contributed by atoms with Crippen LogP contribution in [-0.2, 0) is 19.2 Å². The molecule has 7 heteroatoms. The number of carbonyl (C=O) groups is 3. The second kappa shape index (κ2) is 4.80. The number of amides is 2. The highest BCUT2D eigenvalue weighted by molar-refractivity contribution is 6.05. The van der Waals surface area contributed by atoms with Gasteiger partial charge in [0, 0.05) is 6.54 Å². The summed E-state index contributed by atoms with van der Waals surface area (Å²) in [5.41, 5.74) is 1.77. The first-order chi connectivity index (χ1) is 8.15. The number of nitrogens with zero attached hydrogens (tertiary/aromatic N) is 1. The molecule has 2 unspecified atom stereocenters. The van der Waals surface area contributed by atoms with Gasteiger partial charge < -0.3 is 4.84 Å². The third-order valence-corrected chi connectivity index (χ3v) is 3.39. The van der Waals surface area contributed by atoms with E-state index in [1.807, 2.05) is 0 Å². The maximum atomic E-state index is 11.9. The van der Waals surface area contributed by atoms with E-state index in [0.717, 1.165) is 19.3 Å². The number of imide groups is 1. The predicted molar refractivity (Wildman–Crippen MR) is 55.6 cm³/mol. The Hall–Kier alpha value is -1.47. The first-order valence-electron chi connectivity index (χ1n) is 5.65. The number of hydrogen-bond donors (Lipinski definition) is 2. The standard InChI is InChI=1S/C10H15N3O4/c11-12-17-8(14)4-5-13-9(15)6-2-1-3-7(6)10(13)16/h6-7,12H,1-5,11H2. The van der Waals surface area contributed by atoms with Gasteiger partial charge in [-0.1, -0.05) is 12.0 Å². The number of rotatable bonds is 4. The molecule has 17 heavy (non-hydrogen) atoms. The van der Waals surface area contributed by atoms with Gasteiger partial charge in [-0.15, -0.1) is 0 Å². The Balaban J connectivity index is 1.91. The van der Waals surface area contributed by atoms with Crippen molar-refractivity contribution < 1.29 is 19.2 Å². The number of nitrogens with two attached hydrogens (primary N) is 1. The lowest BCUT2D eigenvalue weighted by Gasteiger charge is -2.14. The molecule has 1 aliphatic carbocycles. The SMILES string of the molecule is NNOC(=O)CCN1C(=O)C2CCCC2C1=O. The molecule has 2 rings (SSSR count). The first kappa shape index (κ1) is 12.0. The molecule has 0 radical (unpaired) electrons. The van der Waals surface area contributed by atoms with Gasteiger partial charge >= 0.3 is 5.97 Å². The third kappa shape index (κ3) is 2.16. The maximum absolute atomic E-state index is 11.9.